The van der Waals surface area contributed by atoms with Crippen molar-refractivity contribution < 1.29 is 14.3 Å². The van der Waals surface area contributed by atoms with Gasteiger partial charge in [0.25, 0.3) is 5.91 Å². The predicted octanol–water partition coefficient (Wildman–Crippen LogP) is 3.11. The van der Waals surface area contributed by atoms with Crippen LogP contribution in [0.25, 0.3) is 0 Å². The van der Waals surface area contributed by atoms with Gasteiger partial charge in [-0.1, -0.05) is 42.5 Å². The van der Waals surface area contributed by atoms with E-state index in [1.165, 1.54) is 0 Å². The van der Waals surface area contributed by atoms with E-state index >= 15 is 0 Å². The lowest BCUT2D eigenvalue weighted by Gasteiger charge is -2.07. The van der Waals surface area contributed by atoms with Crippen molar-refractivity contribution in [2.24, 2.45) is 0 Å². The third-order valence-corrected chi connectivity index (χ3v) is 3.13. The van der Waals surface area contributed by atoms with Crippen LogP contribution < -0.4 is 5.32 Å². The van der Waals surface area contributed by atoms with E-state index in [0.717, 1.165) is 11.1 Å². The molecular formula is C18H19NO3. The number of amides is 1. The van der Waals surface area contributed by atoms with E-state index in [4.69, 9.17) is 4.74 Å². The van der Waals surface area contributed by atoms with Crippen molar-refractivity contribution in [1.29, 1.82) is 0 Å². The van der Waals surface area contributed by atoms with Gasteiger partial charge in [0.2, 0.25) is 0 Å². The maximum atomic E-state index is 11.7. The molecule has 0 unspecified atom stereocenters. The van der Waals surface area contributed by atoms with Gasteiger partial charge in [0, 0.05) is 12.1 Å². The zero-order valence-corrected chi connectivity index (χ0v) is 12.5. The minimum absolute atomic E-state index is 0.262. The van der Waals surface area contributed by atoms with Crippen LogP contribution in [0.5, 0.6) is 0 Å². The molecule has 0 aliphatic rings. The van der Waals surface area contributed by atoms with Crippen LogP contribution in [0.4, 0.5) is 5.69 Å². The van der Waals surface area contributed by atoms with Crippen molar-refractivity contribution in [2.75, 3.05) is 11.9 Å². The van der Waals surface area contributed by atoms with Crippen LogP contribution in [-0.2, 0) is 20.7 Å². The van der Waals surface area contributed by atoms with Crippen LogP contribution in [0.3, 0.4) is 0 Å². The van der Waals surface area contributed by atoms with Gasteiger partial charge >= 0.3 is 5.97 Å². The number of esters is 1. The number of carbonyl (C=O) groups excluding carboxylic acids is 2. The standard InChI is InChI=1S/C18H19NO3/c1-14-6-5-9-16(12-14)19-17(20)13-22-18(21)11-10-15-7-3-2-4-8-15/h2-9,12H,10-11,13H2,1H3,(H,19,20). The smallest absolute Gasteiger partial charge is 0.306 e. The van der Waals surface area contributed by atoms with Crippen LogP contribution in [0, 0.1) is 6.92 Å². The second-order valence-corrected chi connectivity index (χ2v) is 5.06. The summed E-state index contributed by atoms with van der Waals surface area (Å²) in [4.78, 5) is 23.3. The van der Waals surface area contributed by atoms with Crippen LogP contribution in [-0.4, -0.2) is 18.5 Å². The van der Waals surface area contributed by atoms with Gasteiger partial charge in [0.05, 0.1) is 0 Å². The number of hydrogen-bond donors (Lipinski definition) is 1. The molecule has 0 saturated carbocycles. The van der Waals surface area contributed by atoms with E-state index in [0.29, 0.717) is 12.1 Å². The Morgan fingerprint density at radius 2 is 1.82 bits per heavy atom. The molecule has 0 bridgehead atoms. The Kier molecular flexibility index (Phi) is 5.72. The Bertz CT molecular complexity index is 638. The van der Waals surface area contributed by atoms with Gasteiger partial charge in [-0.3, -0.25) is 9.59 Å². The molecule has 1 amide bonds. The Hall–Kier alpha value is -2.62. The Morgan fingerprint density at radius 1 is 1.05 bits per heavy atom. The Labute approximate surface area is 130 Å². The van der Waals surface area contributed by atoms with E-state index in [1.807, 2.05) is 55.5 Å². The zero-order chi connectivity index (χ0) is 15.8. The monoisotopic (exact) mass is 297 g/mol. The van der Waals surface area contributed by atoms with Crippen LogP contribution in [0.15, 0.2) is 54.6 Å². The number of aryl methyl sites for hydroxylation is 2. The number of ether oxygens (including phenoxy) is 1. The summed E-state index contributed by atoms with van der Waals surface area (Å²) in [6.45, 7) is 1.68. The number of anilines is 1. The number of carbonyl (C=O) groups is 2. The summed E-state index contributed by atoms with van der Waals surface area (Å²) in [6, 6.07) is 17.1. The Morgan fingerprint density at radius 3 is 2.55 bits per heavy atom. The molecular weight excluding hydrogens is 278 g/mol. The van der Waals surface area contributed by atoms with E-state index in [1.54, 1.807) is 6.07 Å². The molecule has 22 heavy (non-hydrogen) atoms. The summed E-state index contributed by atoms with van der Waals surface area (Å²) in [6.07, 6.45) is 0.876. The van der Waals surface area contributed by atoms with Gasteiger partial charge in [-0.25, -0.2) is 0 Å². The predicted molar refractivity (Wildman–Crippen MR) is 85.5 cm³/mol. The molecule has 2 rings (SSSR count). The fraction of sp³-hybridized carbons (Fsp3) is 0.222. The molecule has 0 heterocycles. The van der Waals surface area contributed by atoms with Crippen LogP contribution in [0.2, 0.25) is 0 Å². The summed E-state index contributed by atoms with van der Waals surface area (Å²) >= 11 is 0. The van der Waals surface area contributed by atoms with Crippen molar-refractivity contribution in [2.45, 2.75) is 19.8 Å². The molecule has 2 aromatic rings. The van der Waals surface area contributed by atoms with Crippen molar-refractivity contribution in [3.63, 3.8) is 0 Å². The first-order valence-electron chi connectivity index (χ1n) is 7.19. The molecule has 0 spiro atoms. The zero-order valence-electron chi connectivity index (χ0n) is 12.5. The Balaban J connectivity index is 1.70. The van der Waals surface area contributed by atoms with Crippen molar-refractivity contribution in [3.8, 4) is 0 Å². The third-order valence-electron chi connectivity index (χ3n) is 3.13. The van der Waals surface area contributed by atoms with E-state index < -0.39 is 0 Å². The molecule has 0 radical (unpaired) electrons. The highest BCUT2D eigenvalue weighted by molar-refractivity contribution is 5.92. The minimum Gasteiger partial charge on any atom is -0.456 e. The lowest BCUT2D eigenvalue weighted by Crippen LogP contribution is -2.21. The lowest BCUT2D eigenvalue weighted by molar-refractivity contribution is -0.147. The van der Waals surface area contributed by atoms with Gasteiger partial charge in [-0.05, 0) is 36.6 Å². The number of benzene rings is 2. The molecule has 0 fully saturated rings. The maximum Gasteiger partial charge on any atom is 0.306 e. The molecule has 4 nitrogen and oxygen atoms in total. The largest absolute Gasteiger partial charge is 0.456 e. The SMILES string of the molecule is Cc1cccc(NC(=O)COC(=O)CCc2ccccc2)c1. The number of hydrogen-bond acceptors (Lipinski definition) is 3. The molecule has 1 N–H and O–H groups in total. The minimum atomic E-state index is -0.372. The summed E-state index contributed by atoms with van der Waals surface area (Å²) in [5.74, 6) is -0.707. The fourth-order valence-corrected chi connectivity index (χ4v) is 2.03. The van der Waals surface area contributed by atoms with Crippen molar-refractivity contribution >= 4 is 17.6 Å². The summed E-state index contributed by atoms with van der Waals surface area (Å²) in [5, 5.41) is 2.70. The molecule has 0 aliphatic carbocycles. The fourth-order valence-electron chi connectivity index (χ4n) is 2.03. The molecule has 114 valence electrons. The van der Waals surface area contributed by atoms with Crippen molar-refractivity contribution in [1.82, 2.24) is 0 Å². The molecule has 2 aromatic carbocycles. The topological polar surface area (TPSA) is 55.4 Å². The van der Waals surface area contributed by atoms with Gasteiger partial charge < -0.3 is 10.1 Å². The van der Waals surface area contributed by atoms with E-state index in [9.17, 15) is 9.59 Å². The normalized spacial score (nSPS) is 10.0. The average molecular weight is 297 g/mol. The first kappa shape index (κ1) is 15.8. The number of nitrogens with one attached hydrogen (secondary N) is 1. The van der Waals surface area contributed by atoms with Crippen molar-refractivity contribution in [3.05, 3.63) is 65.7 Å². The molecule has 0 atom stereocenters. The van der Waals surface area contributed by atoms with Gasteiger partial charge in [0.1, 0.15) is 0 Å². The molecule has 0 aromatic heterocycles. The second kappa shape index (κ2) is 7.98. The van der Waals surface area contributed by atoms with Gasteiger partial charge in [-0.15, -0.1) is 0 Å². The molecule has 0 aliphatic heterocycles. The van der Waals surface area contributed by atoms with E-state index in [-0.39, 0.29) is 24.9 Å². The highest BCUT2D eigenvalue weighted by atomic mass is 16.5. The summed E-state index contributed by atoms with van der Waals surface area (Å²) in [7, 11) is 0. The highest BCUT2D eigenvalue weighted by Crippen LogP contribution is 2.09. The first-order valence-corrected chi connectivity index (χ1v) is 7.19. The van der Waals surface area contributed by atoms with Gasteiger partial charge in [0.15, 0.2) is 6.61 Å². The van der Waals surface area contributed by atoms with Crippen LogP contribution >= 0.6 is 0 Å². The average Bonchev–Trinajstić information content (AvgIpc) is 2.52. The quantitative estimate of drug-likeness (QED) is 0.834. The lowest BCUT2D eigenvalue weighted by atomic mass is 10.1. The summed E-state index contributed by atoms with van der Waals surface area (Å²) < 4.78 is 4.98. The van der Waals surface area contributed by atoms with Gasteiger partial charge in [-0.2, -0.15) is 0 Å². The molecule has 4 heteroatoms. The first-order chi connectivity index (χ1) is 10.6. The number of rotatable bonds is 6. The second-order valence-electron chi connectivity index (χ2n) is 5.06. The van der Waals surface area contributed by atoms with E-state index in [2.05, 4.69) is 5.32 Å². The molecule has 0 saturated heterocycles. The van der Waals surface area contributed by atoms with Crippen LogP contribution in [0.1, 0.15) is 17.5 Å². The maximum absolute atomic E-state index is 11.7. The summed E-state index contributed by atoms with van der Waals surface area (Å²) in [5.41, 5.74) is 2.83. The highest BCUT2D eigenvalue weighted by Gasteiger charge is 2.08. The third kappa shape index (κ3) is 5.40.